The van der Waals surface area contributed by atoms with Crippen molar-refractivity contribution in [2.45, 2.75) is 63.8 Å². The molecule has 6 atom stereocenters. The van der Waals surface area contributed by atoms with Crippen molar-refractivity contribution in [3.05, 3.63) is 41.4 Å². The average Bonchev–Trinajstić information content (AvgIpc) is 3.38. The highest BCUT2D eigenvalue weighted by Crippen LogP contribution is 2.47. The van der Waals surface area contributed by atoms with Crippen molar-refractivity contribution in [3.63, 3.8) is 0 Å². The number of aliphatic hydroxyl groups excluding tert-OH is 1. The van der Waals surface area contributed by atoms with E-state index in [-0.39, 0.29) is 23.0 Å². The molecule has 0 aliphatic carbocycles. The van der Waals surface area contributed by atoms with E-state index >= 15 is 0 Å². The Labute approximate surface area is 228 Å². The lowest BCUT2D eigenvalue weighted by atomic mass is 9.92. The van der Waals surface area contributed by atoms with Crippen LogP contribution in [0, 0.1) is 0 Å². The van der Waals surface area contributed by atoms with E-state index in [1.807, 2.05) is 0 Å². The van der Waals surface area contributed by atoms with Crippen molar-refractivity contribution in [2.75, 3.05) is 12.3 Å². The Bertz CT molecular complexity index is 1370. The normalized spacial score (nSPS) is 25.5. The number of hydrogen-bond donors (Lipinski definition) is 4. The number of nitrogens with one attached hydrogen (secondary N) is 1. The lowest BCUT2D eigenvalue weighted by Crippen LogP contribution is -2.44. The first-order valence-electron chi connectivity index (χ1n) is 11.9. The molecular weight excluding hydrogens is 557 g/mol. The molecule has 4 rings (SSSR count). The minimum absolute atomic E-state index is 0.0504. The third-order valence-electron chi connectivity index (χ3n) is 5.79. The van der Waals surface area contributed by atoms with Gasteiger partial charge >= 0.3 is 13.7 Å². The molecule has 15 nitrogen and oxygen atoms in total. The van der Waals surface area contributed by atoms with Gasteiger partial charge in [0.1, 0.15) is 35.9 Å². The quantitative estimate of drug-likeness (QED) is 0.196. The second-order valence-electron chi connectivity index (χ2n) is 9.34. The minimum atomic E-state index is -4.29. The van der Waals surface area contributed by atoms with Gasteiger partial charge in [-0.25, -0.2) is 9.55 Å². The molecule has 0 amide bonds. The van der Waals surface area contributed by atoms with Crippen LogP contribution < -0.4 is 15.3 Å². The van der Waals surface area contributed by atoms with Gasteiger partial charge in [-0.05, 0) is 52.0 Å². The number of fused-ring (bicyclic) bond motifs is 1. The first-order chi connectivity index (χ1) is 18.3. The van der Waals surface area contributed by atoms with Gasteiger partial charge in [0, 0.05) is 5.02 Å². The minimum Gasteiger partial charge on any atom is -0.462 e. The first kappa shape index (κ1) is 29.1. The Morgan fingerprint density at radius 1 is 1.31 bits per heavy atom. The van der Waals surface area contributed by atoms with Gasteiger partial charge in [0.05, 0.1) is 12.7 Å². The van der Waals surface area contributed by atoms with Crippen LogP contribution >= 0.6 is 19.3 Å². The number of ether oxygens (including phenoxy) is 2. The third kappa shape index (κ3) is 6.30. The number of rotatable bonds is 10. The molecule has 1 aliphatic rings. The van der Waals surface area contributed by atoms with Gasteiger partial charge in [-0.1, -0.05) is 11.6 Å². The molecule has 212 valence electrons. The SMILES string of the molecule is CC(C)OC(=O)[C@H](C)NP(=O)(OC[C@H]1O[C@@H](c2nnc3c(N)ncnn23)[C@](C)(O)[C@@H]1O)Oc1ccc(Cl)cc1. The number of nitrogens with zero attached hydrogens (tertiary/aromatic N) is 5. The van der Waals surface area contributed by atoms with Crippen molar-refractivity contribution in [1.82, 2.24) is 29.9 Å². The van der Waals surface area contributed by atoms with E-state index in [1.54, 1.807) is 13.8 Å². The van der Waals surface area contributed by atoms with Crippen LogP contribution in [0.4, 0.5) is 5.82 Å². The summed E-state index contributed by atoms with van der Waals surface area (Å²) in [6, 6.07) is 4.86. The number of aliphatic hydroxyl groups is 2. The summed E-state index contributed by atoms with van der Waals surface area (Å²) in [4.78, 5) is 16.2. The van der Waals surface area contributed by atoms with Crippen molar-refractivity contribution >= 4 is 36.8 Å². The maximum atomic E-state index is 13.8. The molecule has 1 unspecified atom stereocenters. The highest BCUT2D eigenvalue weighted by molar-refractivity contribution is 7.52. The fraction of sp³-hybridized carbons (Fsp3) is 0.500. The van der Waals surface area contributed by atoms with Gasteiger partial charge in [-0.15, -0.1) is 10.2 Å². The van der Waals surface area contributed by atoms with Crippen LogP contribution in [0.1, 0.15) is 39.6 Å². The topological polar surface area (TPSA) is 206 Å². The van der Waals surface area contributed by atoms with E-state index in [9.17, 15) is 19.6 Å². The van der Waals surface area contributed by atoms with Gasteiger partial charge < -0.3 is 29.9 Å². The Kier molecular flexibility index (Phi) is 8.42. The van der Waals surface area contributed by atoms with Crippen molar-refractivity contribution in [3.8, 4) is 5.75 Å². The summed E-state index contributed by atoms with van der Waals surface area (Å²) in [5.41, 5.74) is 4.05. The molecule has 3 aromatic rings. The van der Waals surface area contributed by atoms with Crippen LogP contribution in [0.25, 0.3) is 5.65 Å². The summed E-state index contributed by atoms with van der Waals surface area (Å²) in [5.74, 6) is -0.453. The zero-order valence-corrected chi connectivity index (χ0v) is 23.1. The number of anilines is 1. The smallest absolute Gasteiger partial charge is 0.459 e. The zero-order valence-electron chi connectivity index (χ0n) is 21.5. The highest BCUT2D eigenvalue weighted by atomic mass is 35.5. The summed E-state index contributed by atoms with van der Waals surface area (Å²) in [5, 5.41) is 36.9. The molecule has 0 saturated carbocycles. The van der Waals surface area contributed by atoms with E-state index in [2.05, 4.69) is 25.4 Å². The molecule has 0 radical (unpaired) electrons. The Morgan fingerprint density at radius 2 is 2.00 bits per heavy atom. The van der Waals surface area contributed by atoms with Crippen LogP contribution in [-0.2, 0) is 23.4 Å². The van der Waals surface area contributed by atoms with E-state index in [4.69, 9.17) is 35.9 Å². The van der Waals surface area contributed by atoms with Gasteiger partial charge in [0.25, 0.3) is 0 Å². The molecular formula is C22H29ClN7O8P. The standard InChI is InChI=1S/C22H29ClN7O8P/c1-11(2)36-21(32)12(3)29-39(34,38-14-7-5-13(23)6-8-14)35-9-15-16(31)22(4,33)17(37-15)19-27-28-20-18(24)25-10-26-30(19)20/h5-8,10-12,15-17,31,33H,9H2,1-4H3,(H,29,34)(H2,24,25,26)/t12-,15+,16+,17-,22+,39?/m0/s1. The number of carbonyl (C=O) groups is 1. The number of benzene rings is 1. The van der Waals surface area contributed by atoms with E-state index in [1.165, 1.54) is 49.0 Å². The number of nitrogens with two attached hydrogens (primary N) is 1. The predicted octanol–water partition coefficient (Wildman–Crippen LogP) is 1.44. The van der Waals surface area contributed by atoms with Gasteiger partial charge in [0.15, 0.2) is 17.7 Å². The maximum absolute atomic E-state index is 13.8. The molecule has 2 aromatic heterocycles. The molecule has 0 spiro atoms. The number of carbonyl (C=O) groups excluding carboxylic acids is 1. The van der Waals surface area contributed by atoms with Crippen molar-refractivity contribution in [2.24, 2.45) is 0 Å². The van der Waals surface area contributed by atoms with Crippen LogP contribution in [0.3, 0.4) is 0 Å². The van der Waals surface area contributed by atoms with Gasteiger partial charge in [-0.3, -0.25) is 9.32 Å². The number of esters is 1. The molecule has 3 heterocycles. The van der Waals surface area contributed by atoms with Crippen molar-refractivity contribution in [1.29, 1.82) is 0 Å². The highest BCUT2D eigenvalue weighted by Gasteiger charge is 2.55. The summed E-state index contributed by atoms with van der Waals surface area (Å²) in [6.07, 6.45) is -3.19. The second kappa shape index (κ2) is 11.3. The Hall–Kier alpha value is -2.91. The average molecular weight is 586 g/mol. The number of nitrogen functional groups attached to an aromatic ring is 1. The van der Waals surface area contributed by atoms with E-state index in [0.717, 1.165) is 0 Å². The van der Waals surface area contributed by atoms with Crippen LogP contribution in [0.15, 0.2) is 30.6 Å². The van der Waals surface area contributed by atoms with Crippen LogP contribution in [0.5, 0.6) is 5.75 Å². The first-order valence-corrected chi connectivity index (χ1v) is 13.8. The summed E-state index contributed by atoms with van der Waals surface area (Å²) in [7, 11) is -4.29. The molecule has 1 aliphatic heterocycles. The monoisotopic (exact) mass is 585 g/mol. The Balaban J connectivity index is 1.54. The van der Waals surface area contributed by atoms with Crippen LogP contribution in [0.2, 0.25) is 5.02 Å². The van der Waals surface area contributed by atoms with Crippen LogP contribution in [-0.4, -0.2) is 77.5 Å². The predicted molar refractivity (Wildman–Crippen MR) is 137 cm³/mol. The zero-order chi connectivity index (χ0) is 28.5. The van der Waals surface area contributed by atoms with E-state index < -0.39 is 56.4 Å². The van der Waals surface area contributed by atoms with Gasteiger partial charge in [-0.2, -0.15) is 14.7 Å². The lowest BCUT2D eigenvalue weighted by Gasteiger charge is -2.26. The third-order valence-corrected chi connectivity index (χ3v) is 7.69. The summed E-state index contributed by atoms with van der Waals surface area (Å²) >= 11 is 5.92. The lowest BCUT2D eigenvalue weighted by molar-refractivity contribution is -0.149. The van der Waals surface area contributed by atoms with E-state index in [0.29, 0.717) is 5.02 Å². The molecule has 39 heavy (non-hydrogen) atoms. The second-order valence-corrected chi connectivity index (χ2v) is 11.5. The molecule has 1 fully saturated rings. The Morgan fingerprint density at radius 3 is 2.67 bits per heavy atom. The molecule has 1 aromatic carbocycles. The number of hydrogen-bond acceptors (Lipinski definition) is 13. The van der Waals surface area contributed by atoms with Gasteiger partial charge in [0.2, 0.25) is 5.65 Å². The van der Waals surface area contributed by atoms with Crippen molar-refractivity contribution < 1.29 is 38.1 Å². The fourth-order valence-electron chi connectivity index (χ4n) is 3.82. The summed E-state index contributed by atoms with van der Waals surface area (Å²) in [6.45, 7) is 5.58. The fourth-order valence-corrected chi connectivity index (χ4v) is 5.45. The maximum Gasteiger partial charge on any atom is 0.459 e. The molecule has 17 heteroatoms. The molecule has 0 bridgehead atoms. The molecule has 1 saturated heterocycles. The largest absolute Gasteiger partial charge is 0.462 e. The summed E-state index contributed by atoms with van der Waals surface area (Å²) < 4.78 is 37.2. The molecule has 5 N–H and O–H groups in total. The number of halogens is 1. The number of aromatic nitrogens is 5.